The molecule has 2 nitrogen and oxygen atoms in total. The maximum absolute atomic E-state index is 4.50. The molecule has 0 saturated carbocycles. The number of halogens is 3. The molecule has 1 aromatic rings. The second-order valence-corrected chi connectivity index (χ2v) is 7.10. The number of hydrogen-bond acceptors (Lipinski definition) is 3. The van der Waals surface area contributed by atoms with Gasteiger partial charge in [-0.25, -0.2) is 0 Å². The van der Waals surface area contributed by atoms with Gasteiger partial charge >= 0.3 is 0 Å². The van der Waals surface area contributed by atoms with Crippen LogP contribution >= 0.6 is 59.6 Å². The van der Waals surface area contributed by atoms with Crippen LogP contribution in [-0.2, 0) is 0 Å². The quantitative estimate of drug-likeness (QED) is 0.689. The Morgan fingerprint density at radius 1 is 1.31 bits per heavy atom. The molecule has 0 aliphatic carbocycles. The number of hydrogen-bond donors (Lipinski definition) is 1. The van der Waals surface area contributed by atoms with Crippen molar-refractivity contribution >= 4 is 70.4 Å². The zero-order valence-electron chi connectivity index (χ0n) is 8.43. The Hall–Kier alpha value is 0.480. The minimum Gasteiger partial charge on any atom is -0.333 e. The fourth-order valence-corrected chi connectivity index (χ4v) is 4.67. The normalized spacial score (nSPS) is 19.8. The summed E-state index contributed by atoms with van der Waals surface area (Å²) in [4.78, 5) is 4.50. The molecule has 6 heteroatoms. The highest BCUT2D eigenvalue weighted by atomic mass is 79.9. The lowest BCUT2D eigenvalue weighted by Gasteiger charge is -2.10. The van der Waals surface area contributed by atoms with E-state index < -0.39 is 0 Å². The predicted molar refractivity (Wildman–Crippen MR) is 82.5 cm³/mol. The SMILES string of the molecule is CC1CSC(Nc2c(Br)cc(Br)cc2Br)=N1. The van der Waals surface area contributed by atoms with Gasteiger partial charge < -0.3 is 5.32 Å². The Kier molecular flexibility index (Phi) is 4.38. The molecule has 0 radical (unpaired) electrons. The lowest BCUT2D eigenvalue weighted by Crippen LogP contribution is -2.06. The van der Waals surface area contributed by atoms with Crippen molar-refractivity contribution in [2.24, 2.45) is 4.99 Å². The van der Waals surface area contributed by atoms with Crippen LogP contribution in [0, 0.1) is 0 Å². The van der Waals surface area contributed by atoms with Crippen molar-refractivity contribution in [3.8, 4) is 0 Å². The van der Waals surface area contributed by atoms with E-state index in [2.05, 4.69) is 65.0 Å². The number of nitrogens with zero attached hydrogens (tertiary/aromatic N) is 1. The van der Waals surface area contributed by atoms with Gasteiger partial charge in [-0.3, -0.25) is 4.99 Å². The van der Waals surface area contributed by atoms with E-state index in [9.17, 15) is 0 Å². The highest BCUT2D eigenvalue weighted by Gasteiger charge is 2.16. The number of anilines is 1. The fourth-order valence-electron chi connectivity index (χ4n) is 1.31. The van der Waals surface area contributed by atoms with Crippen LogP contribution < -0.4 is 5.32 Å². The molecule has 1 atom stereocenters. The third-order valence-corrected chi connectivity index (χ3v) is 4.88. The van der Waals surface area contributed by atoms with Crippen LogP contribution in [0.1, 0.15) is 6.92 Å². The van der Waals surface area contributed by atoms with Crippen molar-refractivity contribution in [1.82, 2.24) is 0 Å². The summed E-state index contributed by atoms with van der Waals surface area (Å²) in [6.07, 6.45) is 0. The van der Waals surface area contributed by atoms with Crippen molar-refractivity contribution in [2.75, 3.05) is 11.1 Å². The summed E-state index contributed by atoms with van der Waals surface area (Å²) in [6.45, 7) is 2.12. The van der Waals surface area contributed by atoms with Gasteiger partial charge in [0.25, 0.3) is 0 Å². The average Bonchev–Trinajstić information content (AvgIpc) is 2.58. The molecule has 16 heavy (non-hydrogen) atoms. The second-order valence-electron chi connectivity index (χ2n) is 3.46. The summed E-state index contributed by atoms with van der Waals surface area (Å²) >= 11 is 12.3. The molecule has 1 aliphatic rings. The maximum Gasteiger partial charge on any atom is 0.161 e. The van der Waals surface area contributed by atoms with Crippen LogP contribution in [0.5, 0.6) is 0 Å². The highest BCUT2D eigenvalue weighted by Crippen LogP contribution is 2.35. The van der Waals surface area contributed by atoms with Gasteiger partial charge in [0.05, 0.1) is 11.7 Å². The Labute approximate surface area is 124 Å². The van der Waals surface area contributed by atoms with Gasteiger partial charge in [0, 0.05) is 19.2 Å². The molecular weight excluding hydrogens is 420 g/mol. The van der Waals surface area contributed by atoms with E-state index in [1.165, 1.54) is 0 Å². The fraction of sp³-hybridized carbons (Fsp3) is 0.300. The molecule has 0 amide bonds. The third-order valence-electron chi connectivity index (χ3n) is 2.04. The molecule has 0 saturated heterocycles. The van der Waals surface area contributed by atoms with E-state index in [0.29, 0.717) is 6.04 Å². The van der Waals surface area contributed by atoms with Crippen molar-refractivity contribution < 1.29 is 0 Å². The number of amidine groups is 1. The number of thioether (sulfide) groups is 1. The van der Waals surface area contributed by atoms with Crippen molar-refractivity contribution in [1.29, 1.82) is 0 Å². The molecule has 86 valence electrons. The van der Waals surface area contributed by atoms with E-state index in [1.54, 1.807) is 11.8 Å². The molecule has 1 heterocycles. The Bertz CT molecular complexity index is 425. The van der Waals surface area contributed by atoms with E-state index in [-0.39, 0.29) is 0 Å². The standard InChI is InChI=1S/C10H9Br3N2S/c1-5-4-16-10(14-5)15-9-7(12)2-6(11)3-8(9)13/h2-3,5H,4H2,1H3,(H,14,15). The summed E-state index contributed by atoms with van der Waals surface area (Å²) in [5.74, 6) is 1.05. The zero-order chi connectivity index (χ0) is 11.7. The summed E-state index contributed by atoms with van der Waals surface area (Å²) in [5.41, 5.74) is 1.02. The minimum absolute atomic E-state index is 0.403. The summed E-state index contributed by atoms with van der Waals surface area (Å²) < 4.78 is 3.05. The lowest BCUT2D eigenvalue weighted by atomic mass is 10.3. The molecule has 0 bridgehead atoms. The highest BCUT2D eigenvalue weighted by molar-refractivity contribution is 9.11. The molecule has 2 rings (SSSR count). The van der Waals surface area contributed by atoms with E-state index in [0.717, 1.165) is 30.0 Å². The van der Waals surface area contributed by atoms with E-state index in [4.69, 9.17) is 0 Å². The number of nitrogens with one attached hydrogen (secondary N) is 1. The maximum atomic E-state index is 4.50. The molecular formula is C10H9Br3N2S. The summed E-state index contributed by atoms with van der Waals surface area (Å²) in [6, 6.07) is 4.42. The Balaban J connectivity index is 2.25. The average molecular weight is 429 g/mol. The van der Waals surface area contributed by atoms with Crippen LogP contribution in [0.15, 0.2) is 30.5 Å². The first-order chi connectivity index (χ1) is 7.56. The van der Waals surface area contributed by atoms with Crippen LogP contribution in [0.25, 0.3) is 0 Å². The van der Waals surface area contributed by atoms with E-state index >= 15 is 0 Å². The van der Waals surface area contributed by atoms with Gasteiger partial charge in [0.1, 0.15) is 0 Å². The molecule has 0 aromatic heterocycles. The molecule has 1 aliphatic heterocycles. The van der Waals surface area contributed by atoms with Gasteiger partial charge in [-0.15, -0.1) is 0 Å². The van der Waals surface area contributed by atoms with E-state index in [1.807, 2.05) is 12.1 Å². The first kappa shape index (κ1) is 12.9. The minimum atomic E-state index is 0.403. The molecule has 0 spiro atoms. The van der Waals surface area contributed by atoms with Crippen molar-refractivity contribution in [2.45, 2.75) is 13.0 Å². The third kappa shape index (κ3) is 3.03. The second kappa shape index (κ2) is 5.42. The molecule has 1 unspecified atom stereocenters. The summed E-state index contributed by atoms with van der Waals surface area (Å²) in [7, 11) is 0. The smallest absolute Gasteiger partial charge is 0.161 e. The van der Waals surface area contributed by atoms with Gasteiger partial charge in [0.15, 0.2) is 5.17 Å². The number of aliphatic imine (C=N–C) groups is 1. The Morgan fingerprint density at radius 3 is 2.44 bits per heavy atom. The van der Waals surface area contributed by atoms with Gasteiger partial charge in [-0.1, -0.05) is 27.7 Å². The monoisotopic (exact) mass is 426 g/mol. The predicted octanol–water partition coefficient (Wildman–Crippen LogP) is 4.88. The Morgan fingerprint density at radius 2 is 1.94 bits per heavy atom. The zero-order valence-corrected chi connectivity index (χ0v) is 14.0. The number of benzene rings is 1. The topological polar surface area (TPSA) is 24.4 Å². The van der Waals surface area contributed by atoms with Crippen LogP contribution in [-0.4, -0.2) is 17.0 Å². The molecule has 1 N–H and O–H groups in total. The van der Waals surface area contributed by atoms with Crippen LogP contribution in [0.3, 0.4) is 0 Å². The van der Waals surface area contributed by atoms with Gasteiger partial charge in [0.2, 0.25) is 0 Å². The van der Waals surface area contributed by atoms with Gasteiger partial charge in [-0.2, -0.15) is 0 Å². The van der Waals surface area contributed by atoms with Crippen LogP contribution in [0.2, 0.25) is 0 Å². The van der Waals surface area contributed by atoms with Gasteiger partial charge in [-0.05, 0) is 50.9 Å². The van der Waals surface area contributed by atoms with Crippen molar-refractivity contribution in [3.05, 3.63) is 25.6 Å². The van der Waals surface area contributed by atoms with Crippen LogP contribution in [0.4, 0.5) is 5.69 Å². The lowest BCUT2D eigenvalue weighted by molar-refractivity contribution is 0.865. The first-order valence-corrected chi connectivity index (χ1v) is 8.05. The number of rotatable bonds is 1. The largest absolute Gasteiger partial charge is 0.333 e. The molecule has 1 aromatic carbocycles. The van der Waals surface area contributed by atoms with Crippen molar-refractivity contribution in [3.63, 3.8) is 0 Å². The molecule has 0 fully saturated rings. The first-order valence-electron chi connectivity index (χ1n) is 4.68. The summed E-state index contributed by atoms with van der Waals surface area (Å²) in [5, 5.41) is 4.32.